The minimum Gasteiger partial charge on any atom is -0.400 e. The molecule has 0 aromatic carbocycles. The van der Waals surface area contributed by atoms with E-state index in [0.29, 0.717) is 5.95 Å². The summed E-state index contributed by atoms with van der Waals surface area (Å²) in [6.45, 7) is 0. The molecule has 1 fully saturated rings. The third-order valence-corrected chi connectivity index (χ3v) is 5.34. The normalized spacial score (nSPS) is 20.0. The van der Waals surface area contributed by atoms with Crippen LogP contribution in [0.15, 0.2) is 36.9 Å². The van der Waals surface area contributed by atoms with Crippen molar-refractivity contribution >= 4 is 46.2 Å². The number of aromatic amines is 1. The Bertz CT molecular complexity index is 1180. The number of rotatable bonds is 5. The smallest absolute Gasteiger partial charge is 0.224 e. The fraction of sp³-hybridized carbons (Fsp3) is 0.368. The van der Waals surface area contributed by atoms with Crippen LogP contribution in [0.25, 0.3) is 27.9 Å². The van der Waals surface area contributed by atoms with Crippen molar-refractivity contribution in [3.8, 4) is 11.3 Å². The molecule has 0 amide bonds. The maximum absolute atomic E-state index is 5.53. The van der Waals surface area contributed by atoms with Gasteiger partial charge < -0.3 is 15.0 Å². The van der Waals surface area contributed by atoms with Crippen molar-refractivity contribution in [3.63, 3.8) is 0 Å². The molecule has 0 aliphatic heterocycles. The highest BCUT2D eigenvalue weighted by Crippen LogP contribution is 2.28. The first-order valence-corrected chi connectivity index (χ1v) is 9.90. The molecule has 4 aromatic heterocycles. The number of nitrogens with one attached hydrogen (secondary N) is 2. The minimum atomic E-state index is -1.58. The average Bonchev–Trinajstić information content (AvgIpc) is 3.34. The second-order valence-electron chi connectivity index (χ2n) is 7.70. The molecule has 2 N–H and O–H groups in total. The Balaban J connectivity index is 1.29. The van der Waals surface area contributed by atoms with E-state index in [0.717, 1.165) is 53.6 Å². The molecule has 4 aromatic rings. The van der Waals surface area contributed by atoms with Crippen LogP contribution in [0.4, 0.5) is 5.95 Å². The third kappa shape index (κ3) is 3.94. The molecular formula is C19H18B3N7O. The summed E-state index contributed by atoms with van der Waals surface area (Å²) in [5, 5.41) is 7.34. The van der Waals surface area contributed by atoms with Gasteiger partial charge in [-0.1, -0.05) is 0 Å². The molecule has 4 heterocycles. The second kappa shape index (κ2) is 7.47. The molecule has 0 bridgehead atoms. The van der Waals surface area contributed by atoms with Crippen LogP contribution in [-0.4, -0.2) is 70.5 Å². The molecule has 6 radical (unpaired) electrons. The van der Waals surface area contributed by atoms with E-state index in [4.69, 9.17) is 28.3 Å². The van der Waals surface area contributed by atoms with Crippen molar-refractivity contribution in [1.82, 2.24) is 29.5 Å². The third-order valence-electron chi connectivity index (χ3n) is 5.34. The van der Waals surface area contributed by atoms with Crippen molar-refractivity contribution < 1.29 is 4.74 Å². The van der Waals surface area contributed by atoms with Crippen molar-refractivity contribution in [2.24, 2.45) is 0 Å². The lowest BCUT2D eigenvalue weighted by Crippen LogP contribution is -2.41. The van der Waals surface area contributed by atoms with Gasteiger partial charge in [-0.05, 0) is 43.1 Å². The minimum absolute atomic E-state index is 0.0299. The highest BCUT2D eigenvalue weighted by molar-refractivity contribution is 6.58. The summed E-state index contributed by atoms with van der Waals surface area (Å²) in [5.41, 5.74) is 3.33. The summed E-state index contributed by atoms with van der Waals surface area (Å²) in [6.07, 6.45) is 10.7. The Morgan fingerprint density at radius 3 is 2.77 bits per heavy atom. The zero-order valence-corrected chi connectivity index (χ0v) is 16.3. The van der Waals surface area contributed by atoms with Gasteiger partial charge in [0.1, 0.15) is 5.65 Å². The first-order valence-electron chi connectivity index (χ1n) is 9.90. The van der Waals surface area contributed by atoms with E-state index in [9.17, 15) is 0 Å². The molecule has 5 rings (SSSR count). The SMILES string of the molecule is [B]C([B])([B])OC1CCC(Nc2ncc3c(-c4ccc5nccn5n4)c[nH]c3n2)CC1. The predicted octanol–water partition coefficient (Wildman–Crippen LogP) is 1.52. The van der Waals surface area contributed by atoms with Gasteiger partial charge in [-0.2, -0.15) is 10.1 Å². The van der Waals surface area contributed by atoms with Gasteiger partial charge >= 0.3 is 0 Å². The van der Waals surface area contributed by atoms with Crippen LogP contribution in [0.3, 0.4) is 0 Å². The molecule has 0 spiro atoms. The fourth-order valence-corrected chi connectivity index (χ4v) is 3.94. The van der Waals surface area contributed by atoms with Crippen molar-refractivity contribution in [2.75, 3.05) is 5.32 Å². The van der Waals surface area contributed by atoms with Gasteiger partial charge in [-0.15, -0.1) is 0 Å². The van der Waals surface area contributed by atoms with E-state index >= 15 is 0 Å². The van der Waals surface area contributed by atoms with Crippen LogP contribution in [0.1, 0.15) is 25.7 Å². The Labute approximate surface area is 177 Å². The lowest BCUT2D eigenvalue weighted by molar-refractivity contribution is 0.0202. The van der Waals surface area contributed by atoms with E-state index in [-0.39, 0.29) is 12.1 Å². The van der Waals surface area contributed by atoms with Crippen LogP contribution in [0.5, 0.6) is 0 Å². The van der Waals surface area contributed by atoms with E-state index in [1.54, 1.807) is 10.7 Å². The van der Waals surface area contributed by atoms with E-state index in [1.807, 2.05) is 30.7 Å². The Kier molecular flexibility index (Phi) is 4.77. The van der Waals surface area contributed by atoms with Crippen molar-refractivity contribution in [2.45, 2.75) is 43.1 Å². The first-order chi connectivity index (χ1) is 14.4. The summed E-state index contributed by atoms with van der Waals surface area (Å²) in [4.78, 5) is 16.6. The maximum atomic E-state index is 5.53. The van der Waals surface area contributed by atoms with Crippen LogP contribution >= 0.6 is 0 Å². The molecule has 8 nitrogen and oxygen atoms in total. The quantitative estimate of drug-likeness (QED) is 0.500. The molecule has 11 heteroatoms. The average molecular weight is 393 g/mol. The van der Waals surface area contributed by atoms with Crippen molar-refractivity contribution in [3.05, 3.63) is 36.9 Å². The summed E-state index contributed by atoms with van der Waals surface area (Å²) in [6, 6.07) is 4.13. The molecular weight excluding hydrogens is 375 g/mol. The standard InChI is InChI=1S/C19H18B3N7O/c20-19(21,22)30-12-3-1-11(2-4-12)26-18-25-10-14-13(9-24-17(14)27-18)15-5-6-16-23-7-8-29(16)28-15/h5-12H,1-4H2,(H2,24,25,26,27). The zero-order chi connectivity index (χ0) is 20.7. The number of nitrogens with zero attached hydrogens (tertiary/aromatic N) is 5. The molecule has 0 atom stereocenters. The molecule has 0 unspecified atom stereocenters. The monoisotopic (exact) mass is 393 g/mol. The van der Waals surface area contributed by atoms with E-state index in [2.05, 4.69) is 30.4 Å². The van der Waals surface area contributed by atoms with Gasteiger partial charge in [-0.25, -0.2) is 14.5 Å². The van der Waals surface area contributed by atoms with Gasteiger partial charge in [-0.3, -0.25) is 0 Å². The van der Waals surface area contributed by atoms with Crippen LogP contribution in [0, 0.1) is 0 Å². The highest BCUT2D eigenvalue weighted by atomic mass is 16.5. The predicted molar refractivity (Wildman–Crippen MR) is 117 cm³/mol. The summed E-state index contributed by atoms with van der Waals surface area (Å²) in [5.74, 6) is 0.587. The highest BCUT2D eigenvalue weighted by Gasteiger charge is 2.25. The van der Waals surface area contributed by atoms with Crippen LogP contribution in [0.2, 0.25) is 0 Å². The van der Waals surface area contributed by atoms with Gasteiger partial charge in [0.15, 0.2) is 5.65 Å². The largest absolute Gasteiger partial charge is 0.400 e. The summed E-state index contributed by atoms with van der Waals surface area (Å²) >= 11 is 0. The zero-order valence-electron chi connectivity index (χ0n) is 16.3. The van der Waals surface area contributed by atoms with Crippen molar-refractivity contribution in [1.29, 1.82) is 0 Å². The fourth-order valence-electron chi connectivity index (χ4n) is 3.94. The lowest BCUT2D eigenvalue weighted by Gasteiger charge is -2.34. The number of anilines is 1. The van der Waals surface area contributed by atoms with Gasteiger partial charge in [0.2, 0.25) is 5.95 Å². The Morgan fingerprint density at radius 1 is 1.13 bits per heavy atom. The molecule has 0 saturated heterocycles. The second-order valence-corrected chi connectivity index (χ2v) is 7.70. The van der Waals surface area contributed by atoms with Crippen LogP contribution < -0.4 is 5.32 Å². The number of hydrogen-bond acceptors (Lipinski definition) is 6. The van der Waals surface area contributed by atoms with E-state index in [1.165, 1.54) is 0 Å². The molecule has 144 valence electrons. The lowest BCUT2D eigenvalue weighted by atomic mass is 9.52. The maximum Gasteiger partial charge on any atom is 0.224 e. The van der Waals surface area contributed by atoms with Gasteiger partial charge in [0.25, 0.3) is 0 Å². The Hall–Kier alpha value is -2.81. The number of hydrogen-bond donors (Lipinski definition) is 2. The van der Waals surface area contributed by atoms with Gasteiger partial charge in [0.05, 0.1) is 35.3 Å². The molecule has 1 saturated carbocycles. The first kappa shape index (κ1) is 19.2. The Morgan fingerprint density at radius 2 is 1.97 bits per heavy atom. The summed E-state index contributed by atoms with van der Waals surface area (Å²) in [7, 11) is 16.6. The topological polar surface area (TPSA) is 93.0 Å². The summed E-state index contributed by atoms with van der Waals surface area (Å²) < 4.78 is 7.20. The number of imidazole rings is 1. The van der Waals surface area contributed by atoms with Crippen LogP contribution in [-0.2, 0) is 4.74 Å². The number of fused-ring (bicyclic) bond motifs is 2. The number of aromatic nitrogens is 6. The number of H-pyrrole nitrogens is 1. The molecule has 30 heavy (non-hydrogen) atoms. The molecule has 1 aliphatic carbocycles. The number of ether oxygens (including phenoxy) is 1. The van der Waals surface area contributed by atoms with Gasteiger partial charge in [0, 0.05) is 41.8 Å². The van der Waals surface area contributed by atoms with E-state index < -0.39 is 5.30 Å². The molecule has 1 aliphatic rings.